The van der Waals surface area contributed by atoms with Crippen LogP contribution in [0.25, 0.3) is 0 Å². The van der Waals surface area contributed by atoms with Crippen LogP contribution in [0.3, 0.4) is 0 Å². The number of likely N-dealkylation sites (N-methyl/N-ethyl adjacent to an activating group) is 1. The average molecular weight is 356 g/mol. The number of rotatable bonds is 5. The first-order chi connectivity index (χ1) is 12.3. The molecule has 0 amide bonds. The van der Waals surface area contributed by atoms with Crippen LogP contribution in [0.15, 0.2) is 42.7 Å². The van der Waals surface area contributed by atoms with Gasteiger partial charge >= 0.3 is 0 Å². The van der Waals surface area contributed by atoms with Crippen molar-refractivity contribution in [2.24, 2.45) is 0 Å². The Kier molecular flexibility index (Phi) is 4.72. The van der Waals surface area contributed by atoms with E-state index >= 15 is 0 Å². The lowest BCUT2D eigenvalue weighted by atomic mass is 10.0. The first kappa shape index (κ1) is 16.5. The van der Waals surface area contributed by atoms with Crippen molar-refractivity contribution in [2.75, 3.05) is 13.2 Å². The van der Waals surface area contributed by atoms with Crippen molar-refractivity contribution in [3.8, 4) is 0 Å². The molecule has 0 radical (unpaired) electrons. The summed E-state index contributed by atoms with van der Waals surface area (Å²) in [4.78, 5) is 6.83. The van der Waals surface area contributed by atoms with E-state index in [4.69, 9.17) is 17.0 Å². The van der Waals surface area contributed by atoms with Gasteiger partial charge in [-0.15, -0.1) is 0 Å². The van der Waals surface area contributed by atoms with E-state index in [-0.39, 0.29) is 12.1 Å². The Morgan fingerprint density at radius 2 is 2.24 bits per heavy atom. The zero-order chi connectivity index (χ0) is 17.2. The van der Waals surface area contributed by atoms with Gasteiger partial charge in [-0.3, -0.25) is 4.98 Å². The van der Waals surface area contributed by atoms with Gasteiger partial charge in [-0.2, -0.15) is 0 Å². The largest absolute Gasteiger partial charge is 0.376 e. The van der Waals surface area contributed by atoms with Crippen LogP contribution in [0, 0.1) is 0 Å². The summed E-state index contributed by atoms with van der Waals surface area (Å²) in [5, 5.41) is 4.28. The highest BCUT2D eigenvalue weighted by Crippen LogP contribution is 2.38. The molecule has 132 valence electrons. The molecule has 0 aliphatic carbocycles. The number of hydrogen-bond acceptors (Lipinski definition) is 3. The minimum absolute atomic E-state index is 0.0618. The Morgan fingerprint density at radius 3 is 2.96 bits per heavy atom. The van der Waals surface area contributed by atoms with Crippen molar-refractivity contribution >= 4 is 17.3 Å². The molecule has 3 atom stereocenters. The molecular weight excluding hydrogens is 332 g/mol. The second kappa shape index (κ2) is 7.14. The Bertz CT molecular complexity index is 726. The Hall–Kier alpha value is -1.92. The summed E-state index contributed by atoms with van der Waals surface area (Å²) in [6.07, 6.45) is 6.61. The first-order valence-electron chi connectivity index (χ1n) is 9.02. The quantitative estimate of drug-likeness (QED) is 0.834. The second-order valence-electron chi connectivity index (χ2n) is 6.63. The van der Waals surface area contributed by atoms with E-state index in [9.17, 15) is 0 Å². The molecule has 2 aromatic heterocycles. The highest BCUT2D eigenvalue weighted by Gasteiger charge is 2.40. The van der Waals surface area contributed by atoms with E-state index in [1.165, 1.54) is 5.69 Å². The highest BCUT2D eigenvalue weighted by molar-refractivity contribution is 7.80. The van der Waals surface area contributed by atoms with Gasteiger partial charge < -0.3 is 19.5 Å². The number of pyridine rings is 1. The lowest BCUT2D eigenvalue weighted by molar-refractivity contribution is 0.0954. The maximum atomic E-state index is 5.84. The summed E-state index contributed by atoms with van der Waals surface area (Å²) in [5.41, 5.74) is 2.29. The maximum Gasteiger partial charge on any atom is 0.170 e. The first-order valence-corrected chi connectivity index (χ1v) is 9.43. The standard InChI is InChI=1S/C19H24N4OS/c1-2-23-18(17(21-19(23)25)15-8-3-4-10-20-15)16-9-5-11-22(16)13-14-7-6-12-24-14/h3-5,8-11,14,17-18H,2,6-7,12-13H2,1H3,(H,21,25)/t14-,17+,18+/m0/s1. The van der Waals surface area contributed by atoms with Gasteiger partial charge in [-0.25, -0.2) is 0 Å². The van der Waals surface area contributed by atoms with Crippen molar-refractivity contribution in [3.05, 3.63) is 54.1 Å². The third-order valence-corrected chi connectivity index (χ3v) is 5.48. The van der Waals surface area contributed by atoms with Gasteiger partial charge in [0.25, 0.3) is 0 Å². The van der Waals surface area contributed by atoms with Crippen molar-refractivity contribution < 1.29 is 4.74 Å². The summed E-state index contributed by atoms with van der Waals surface area (Å²) >= 11 is 5.61. The number of hydrogen-bond donors (Lipinski definition) is 1. The monoisotopic (exact) mass is 356 g/mol. The fourth-order valence-electron chi connectivity index (χ4n) is 3.94. The Balaban J connectivity index is 1.68. The van der Waals surface area contributed by atoms with Crippen LogP contribution < -0.4 is 5.32 Å². The van der Waals surface area contributed by atoms with Crippen LogP contribution in [-0.4, -0.2) is 38.8 Å². The normalized spacial score (nSPS) is 26.2. The average Bonchev–Trinajstić information content (AvgIpc) is 3.36. The zero-order valence-corrected chi connectivity index (χ0v) is 15.3. The predicted molar refractivity (Wildman–Crippen MR) is 101 cm³/mol. The topological polar surface area (TPSA) is 42.3 Å². The molecule has 0 aromatic carbocycles. The number of ether oxygens (including phenoxy) is 1. The predicted octanol–water partition coefficient (Wildman–Crippen LogP) is 3.05. The molecule has 4 heterocycles. The van der Waals surface area contributed by atoms with Crippen LogP contribution >= 0.6 is 12.2 Å². The van der Waals surface area contributed by atoms with E-state index < -0.39 is 0 Å². The van der Waals surface area contributed by atoms with Crippen LogP contribution in [0.4, 0.5) is 0 Å². The van der Waals surface area contributed by atoms with Crippen molar-refractivity contribution in [2.45, 2.75) is 44.5 Å². The van der Waals surface area contributed by atoms with Gasteiger partial charge in [-0.05, 0) is 56.2 Å². The molecule has 0 spiro atoms. The molecule has 2 fully saturated rings. The third kappa shape index (κ3) is 3.16. The molecule has 0 unspecified atom stereocenters. The molecule has 2 aliphatic rings. The lowest BCUT2D eigenvalue weighted by Crippen LogP contribution is -2.30. The molecule has 1 N–H and O–H groups in total. The van der Waals surface area contributed by atoms with E-state index in [0.29, 0.717) is 6.10 Å². The van der Waals surface area contributed by atoms with Gasteiger partial charge in [-0.1, -0.05) is 6.07 Å². The lowest BCUT2D eigenvalue weighted by Gasteiger charge is -2.28. The summed E-state index contributed by atoms with van der Waals surface area (Å²) in [7, 11) is 0. The third-order valence-electron chi connectivity index (χ3n) is 5.13. The SMILES string of the molecule is CCN1C(=S)N[C@H](c2ccccn2)[C@H]1c1cccn1C[C@@H]1CCCO1. The number of nitrogens with zero attached hydrogens (tertiary/aromatic N) is 3. The smallest absolute Gasteiger partial charge is 0.170 e. The molecule has 5 nitrogen and oxygen atoms in total. The molecule has 6 heteroatoms. The van der Waals surface area contributed by atoms with Crippen molar-refractivity contribution in [1.82, 2.24) is 19.8 Å². The van der Waals surface area contributed by atoms with Crippen LogP contribution in [-0.2, 0) is 11.3 Å². The summed E-state index contributed by atoms with van der Waals surface area (Å²) in [5.74, 6) is 0. The molecule has 0 saturated carbocycles. The molecule has 0 bridgehead atoms. The number of nitrogens with one attached hydrogen (secondary N) is 1. The Labute approximate surface area is 154 Å². The summed E-state index contributed by atoms with van der Waals surface area (Å²) in [6, 6.07) is 10.6. The second-order valence-corrected chi connectivity index (χ2v) is 7.02. The van der Waals surface area contributed by atoms with Gasteiger partial charge in [0.05, 0.1) is 23.9 Å². The fourth-order valence-corrected chi connectivity index (χ4v) is 4.31. The van der Waals surface area contributed by atoms with Crippen LogP contribution in [0.1, 0.15) is 43.2 Å². The minimum atomic E-state index is 0.0618. The van der Waals surface area contributed by atoms with Crippen LogP contribution in [0.2, 0.25) is 0 Å². The summed E-state index contributed by atoms with van der Waals surface area (Å²) < 4.78 is 8.17. The van der Waals surface area contributed by atoms with Crippen molar-refractivity contribution in [1.29, 1.82) is 0 Å². The van der Waals surface area contributed by atoms with Gasteiger partial charge in [0.2, 0.25) is 0 Å². The molecule has 4 rings (SSSR count). The highest BCUT2D eigenvalue weighted by atomic mass is 32.1. The Morgan fingerprint density at radius 1 is 1.32 bits per heavy atom. The molecule has 2 saturated heterocycles. The van der Waals surface area contributed by atoms with E-state index in [0.717, 1.165) is 43.3 Å². The fraction of sp³-hybridized carbons (Fsp3) is 0.474. The molecule has 2 aromatic rings. The van der Waals surface area contributed by atoms with Gasteiger partial charge in [0.15, 0.2) is 5.11 Å². The van der Waals surface area contributed by atoms with Gasteiger partial charge in [0, 0.05) is 37.8 Å². The van der Waals surface area contributed by atoms with E-state index in [2.05, 4.69) is 51.1 Å². The molecular formula is C19H24N4OS. The zero-order valence-electron chi connectivity index (χ0n) is 14.5. The van der Waals surface area contributed by atoms with Crippen LogP contribution in [0.5, 0.6) is 0 Å². The van der Waals surface area contributed by atoms with E-state index in [1.807, 2.05) is 18.3 Å². The number of thiocarbonyl (C=S) groups is 1. The molecule has 25 heavy (non-hydrogen) atoms. The van der Waals surface area contributed by atoms with Crippen molar-refractivity contribution in [3.63, 3.8) is 0 Å². The maximum absolute atomic E-state index is 5.84. The van der Waals surface area contributed by atoms with Gasteiger partial charge in [0.1, 0.15) is 0 Å². The number of aromatic nitrogens is 2. The minimum Gasteiger partial charge on any atom is -0.376 e. The van der Waals surface area contributed by atoms with E-state index in [1.54, 1.807) is 0 Å². The molecule has 2 aliphatic heterocycles. The summed E-state index contributed by atoms with van der Waals surface area (Å²) in [6.45, 7) is 4.80.